The maximum atomic E-state index is 12.4. The molecule has 0 aliphatic carbocycles. The number of nitrogens with one attached hydrogen (secondary N) is 1. The van der Waals surface area contributed by atoms with Crippen LogP contribution in [-0.2, 0) is 19.1 Å². The summed E-state index contributed by atoms with van der Waals surface area (Å²) >= 11 is 9.40. The van der Waals surface area contributed by atoms with Crippen LogP contribution < -0.4 is 15.0 Å². The van der Waals surface area contributed by atoms with Gasteiger partial charge in [-0.1, -0.05) is 27.5 Å². The summed E-state index contributed by atoms with van der Waals surface area (Å²) in [5.41, 5.74) is 2.00. The molecule has 7 nitrogen and oxygen atoms in total. The van der Waals surface area contributed by atoms with E-state index in [0.717, 1.165) is 10.0 Å². The van der Waals surface area contributed by atoms with Gasteiger partial charge in [-0.3, -0.25) is 14.4 Å². The van der Waals surface area contributed by atoms with Gasteiger partial charge in [-0.25, -0.2) is 0 Å². The minimum absolute atomic E-state index is 0.0120. The van der Waals surface area contributed by atoms with E-state index in [0.29, 0.717) is 22.1 Å². The maximum absolute atomic E-state index is 12.4. The number of hydrogen-bond donors (Lipinski definition) is 1. The standard InChI is InChI=1S/C21H20BrClN2O5/c1-12-7-14(22)3-5-16(12)24-19(26)11-30-21(28)13-8-20(27)25(10-13)17-9-15(23)4-6-18(17)29-2/h3-7,9,13H,8,10-11H2,1-2H3,(H,24,26)/t13-/m0/s1. The van der Waals surface area contributed by atoms with Crippen LogP contribution in [0.3, 0.4) is 0 Å². The van der Waals surface area contributed by atoms with Crippen LogP contribution in [0.1, 0.15) is 12.0 Å². The molecule has 3 rings (SSSR count). The fourth-order valence-electron chi connectivity index (χ4n) is 3.18. The molecule has 0 aromatic heterocycles. The zero-order valence-corrected chi connectivity index (χ0v) is 18.7. The number of anilines is 2. The van der Waals surface area contributed by atoms with Gasteiger partial charge in [-0.05, 0) is 48.9 Å². The fourth-order valence-corrected chi connectivity index (χ4v) is 3.82. The van der Waals surface area contributed by atoms with Crippen LogP contribution in [0.25, 0.3) is 0 Å². The fraction of sp³-hybridized carbons (Fsp3) is 0.286. The van der Waals surface area contributed by atoms with Gasteiger partial charge in [0.05, 0.1) is 18.7 Å². The number of amides is 2. The van der Waals surface area contributed by atoms with Crippen molar-refractivity contribution in [3.05, 3.63) is 51.5 Å². The Morgan fingerprint density at radius 3 is 2.73 bits per heavy atom. The molecule has 1 aliphatic heterocycles. The molecule has 1 aliphatic rings. The largest absolute Gasteiger partial charge is 0.495 e. The molecule has 1 atom stereocenters. The first kappa shape index (κ1) is 22.1. The first-order chi connectivity index (χ1) is 14.3. The van der Waals surface area contributed by atoms with Crippen molar-refractivity contribution in [2.75, 3.05) is 30.5 Å². The quantitative estimate of drug-likeness (QED) is 0.613. The second-order valence-electron chi connectivity index (χ2n) is 6.84. The molecule has 2 aromatic rings. The summed E-state index contributed by atoms with van der Waals surface area (Å²) < 4.78 is 11.3. The molecule has 1 fully saturated rings. The Balaban J connectivity index is 1.58. The lowest BCUT2D eigenvalue weighted by atomic mass is 10.1. The van der Waals surface area contributed by atoms with E-state index < -0.39 is 24.4 Å². The van der Waals surface area contributed by atoms with Crippen LogP contribution in [-0.4, -0.2) is 38.0 Å². The highest BCUT2D eigenvalue weighted by atomic mass is 79.9. The third-order valence-corrected chi connectivity index (χ3v) is 5.43. The van der Waals surface area contributed by atoms with E-state index in [4.69, 9.17) is 21.1 Å². The van der Waals surface area contributed by atoms with Crippen molar-refractivity contribution < 1.29 is 23.9 Å². The molecule has 0 unspecified atom stereocenters. The Bertz CT molecular complexity index is 997. The Morgan fingerprint density at radius 2 is 2.03 bits per heavy atom. The zero-order chi connectivity index (χ0) is 21.8. The molecule has 1 heterocycles. The minimum Gasteiger partial charge on any atom is -0.495 e. The molecule has 30 heavy (non-hydrogen) atoms. The number of ether oxygens (including phenoxy) is 2. The van der Waals surface area contributed by atoms with Crippen LogP contribution in [0.15, 0.2) is 40.9 Å². The van der Waals surface area contributed by atoms with E-state index in [1.54, 1.807) is 30.3 Å². The molecule has 1 N–H and O–H groups in total. The SMILES string of the molecule is COc1ccc(Cl)cc1N1C[C@@H](C(=O)OCC(=O)Nc2ccc(Br)cc2C)CC1=O. The second kappa shape index (κ2) is 9.49. The third-order valence-electron chi connectivity index (χ3n) is 4.70. The predicted octanol–water partition coefficient (Wildman–Crippen LogP) is 3.95. The van der Waals surface area contributed by atoms with E-state index in [2.05, 4.69) is 21.2 Å². The second-order valence-corrected chi connectivity index (χ2v) is 8.19. The minimum atomic E-state index is -0.677. The summed E-state index contributed by atoms with van der Waals surface area (Å²) in [7, 11) is 1.49. The number of esters is 1. The van der Waals surface area contributed by atoms with Crippen molar-refractivity contribution in [2.24, 2.45) is 5.92 Å². The Hall–Kier alpha value is -2.58. The number of carbonyl (C=O) groups is 3. The summed E-state index contributed by atoms with van der Waals surface area (Å²) in [6.07, 6.45) is -0.0120. The molecule has 0 radical (unpaired) electrons. The summed E-state index contributed by atoms with van der Waals surface area (Å²) in [5.74, 6) is -1.50. The number of benzene rings is 2. The number of hydrogen-bond acceptors (Lipinski definition) is 5. The van der Waals surface area contributed by atoms with Gasteiger partial charge < -0.3 is 19.7 Å². The predicted molar refractivity (Wildman–Crippen MR) is 117 cm³/mol. The van der Waals surface area contributed by atoms with Crippen molar-refractivity contribution in [2.45, 2.75) is 13.3 Å². The van der Waals surface area contributed by atoms with Crippen LogP contribution in [0.2, 0.25) is 5.02 Å². The van der Waals surface area contributed by atoms with E-state index >= 15 is 0 Å². The molecule has 9 heteroatoms. The number of halogens is 2. The summed E-state index contributed by atoms with van der Waals surface area (Å²) in [6.45, 7) is 1.55. The normalized spacial score (nSPS) is 15.8. The van der Waals surface area contributed by atoms with Gasteiger partial charge in [-0.2, -0.15) is 0 Å². The average molecular weight is 496 g/mol. The smallest absolute Gasteiger partial charge is 0.311 e. The van der Waals surface area contributed by atoms with E-state index in [-0.39, 0.29) is 18.9 Å². The molecule has 0 saturated carbocycles. The van der Waals surface area contributed by atoms with Crippen molar-refractivity contribution in [1.82, 2.24) is 0 Å². The molecule has 0 spiro atoms. The van der Waals surface area contributed by atoms with Gasteiger partial charge in [0, 0.05) is 28.1 Å². The van der Waals surface area contributed by atoms with Crippen LogP contribution in [0.5, 0.6) is 5.75 Å². The van der Waals surface area contributed by atoms with Crippen molar-refractivity contribution in [3.8, 4) is 5.75 Å². The molecule has 2 aromatic carbocycles. The first-order valence-corrected chi connectivity index (χ1v) is 10.3. The summed E-state index contributed by atoms with van der Waals surface area (Å²) in [6, 6.07) is 10.3. The average Bonchev–Trinajstić information content (AvgIpc) is 3.10. The van der Waals surface area contributed by atoms with Gasteiger partial charge in [-0.15, -0.1) is 0 Å². The topological polar surface area (TPSA) is 84.9 Å². The Labute approximate surface area is 187 Å². The van der Waals surface area contributed by atoms with Gasteiger partial charge >= 0.3 is 5.97 Å². The lowest BCUT2D eigenvalue weighted by molar-refractivity contribution is -0.151. The van der Waals surface area contributed by atoms with Gasteiger partial charge in [0.2, 0.25) is 5.91 Å². The van der Waals surface area contributed by atoms with E-state index in [1.165, 1.54) is 12.0 Å². The Kier molecular flexibility index (Phi) is 6.99. The highest BCUT2D eigenvalue weighted by Gasteiger charge is 2.37. The van der Waals surface area contributed by atoms with Gasteiger partial charge in [0.15, 0.2) is 6.61 Å². The van der Waals surface area contributed by atoms with Crippen LogP contribution >= 0.6 is 27.5 Å². The van der Waals surface area contributed by atoms with Crippen LogP contribution in [0, 0.1) is 12.8 Å². The zero-order valence-electron chi connectivity index (χ0n) is 16.4. The van der Waals surface area contributed by atoms with E-state index in [1.807, 2.05) is 13.0 Å². The molecule has 158 valence electrons. The number of nitrogens with zero attached hydrogens (tertiary/aromatic N) is 1. The van der Waals surface area contributed by atoms with Crippen molar-refractivity contribution >= 4 is 56.7 Å². The molecular formula is C21H20BrClN2O5. The highest BCUT2D eigenvalue weighted by Crippen LogP contribution is 2.35. The summed E-state index contributed by atoms with van der Waals surface area (Å²) in [4.78, 5) is 38.4. The number of methoxy groups -OCH3 is 1. The van der Waals surface area contributed by atoms with E-state index in [9.17, 15) is 14.4 Å². The molecular weight excluding hydrogens is 476 g/mol. The molecule has 1 saturated heterocycles. The lowest BCUT2D eigenvalue weighted by Gasteiger charge is -2.19. The lowest BCUT2D eigenvalue weighted by Crippen LogP contribution is -2.28. The highest BCUT2D eigenvalue weighted by molar-refractivity contribution is 9.10. The number of carbonyl (C=O) groups excluding carboxylic acids is 3. The van der Waals surface area contributed by atoms with Gasteiger partial charge in [0.1, 0.15) is 5.75 Å². The summed E-state index contributed by atoms with van der Waals surface area (Å²) in [5, 5.41) is 3.15. The molecule has 2 amide bonds. The van der Waals surface area contributed by atoms with Crippen LogP contribution in [0.4, 0.5) is 11.4 Å². The molecule has 0 bridgehead atoms. The maximum Gasteiger partial charge on any atom is 0.311 e. The number of aryl methyl sites for hydroxylation is 1. The monoisotopic (exact) mass is 494 g/mol. The van der Waals surface area contributed by atoms with Crippen molar-refractivity contribution in [3.63, 3.8) is 0 Å². The van der Waals surface area contributed by atoms with Crippen molar-refractivity contribution in [1.29, 1.82) is 0 Å². The third kappa shape index (κ3) is 5.12. The number of rotatable bonds is 6. The van der Waals surface area contributed by atoms with Gasteiger partial charge in [0.25, 0.3) is 5.91 Å². The Morgan fingerprint density at radius 1 is 1.27 bits per heavy atom. The first-order valence-electron chi connectivity index (χ1n) is 9.15.